The van der Waals surface area contributed by atoms with Gasteiger partial charge in [0.1, 0.15) is 13.2 Å². The smallest absolute Gasteiger partial charge is 0.306 e. The fraction of sp³-hybridized carbons (Fsp3) is 0.446. The largest absolute Gasteiger partial charge is 0.462 e. The molecule has 0 aromatic heterocycles. The predicted molar refractivity (Wildman–Crippen MR) is 265 cm³/mol. The number of allylic oxidation sites excluding steroid dienone is 28. The molecule has 0 saturated carbocycles. The molecule has 0 aromatic carbocycles. The van der Waals surface area contributed by atoms with E-state index in [1.807, 2.05) is 128 Å². The van der Waals surface area contributed by atoms with E-state index in [1.54, 1.807) is 0 Å². The van der Waals surface area contributed by atoms with Gasteiger partial charge >= 0.3 is 17.9 Å². The van der Waals surface area contributed by atoms with Crippen molar-refractivity contribution >= 4 is 17.9 Å². The molecule has 0 aliphatic rings. The van der Waals surface area contributed by atoms with E-state index in [4.69, 9.17) is 14.2 Å². The van der Waals surface area contributed by atoms with Gasteiger partial charge in [-0.2, -0.15) is 0 Å². The lowest BCUT2D eigenvalue weighted by Gasteiger charge is -2.18. The molecule has 1 atom stereocenters. The minimum atomic E-state index is -0.851. The number of unbranched alkanes of at least 4 members (excludes halogenated alkanes) is 10. The molecule has 0 aliphatic carbocycles. The van der Waals surface area contributed by atoms with Crippen LogP contribution in [0.2, 0.25) is 0 Å². The van der Waals surface area contributed by atoms with Crippen molar-refractivity contribution in [2.75, 3.05) is 13.2 Å². The Morgan fingerprint density at radius 3 is 1.05 bits per heavy atom. The Morgan fingerprint density at radius 2 is 0.645 bits per heavy atom. The third-order valence-electron chi connectivity index (χ3n) is 8.77. The van der Waals surface area contributed by atoms with Crippen LogP contribution in [-0.4, -0.2) is 37.2 Å². The van der Waals surface area contributed by atoms with Crippen LogP contribution >= 0.6 is 0 Å². The van der Waals surface area contributed by atoms with Gasteiger partial charge < -0.3 is 14.2 Å². The standard InChI is InChI=1S/C56H80O6/c1-4-7-10-13-16-19-22-25-26-27-28-29-32-34-37-40-43-46-49-55(58)61-52-53(62-56(59)50-47-44-41-38-35-31-24-21-18-15-12-9-6-3)51-60-54(57)48-45-42-39-36-33-30-23-20-17-14-11-8-5-2/h8-31,33,35,38,41,53H,4-7,32,34,36-37,39-40,42-52H2,1-3H3/b11-8+,12-9+,13-10+,17-14+,18-15+,19-16+,23-20+,24-21+,25-22+,27-26+,29-28+,33-30+,35-31+,41-38+. The first kappa shape index (κ1) is 56.8. The first-order valence-corrected chi connectivity index (χ1v) is 23.3. The molecule has 0 bridgehead atoms. The minimum Gasteiger partial charge on any atom is -0.462 e. The summed E-state index contributed by atoms with van der Waals surface area (Å²) in [5.41, 5.74) is 0. The van der Waals surface area contributed by atoms with Crippen LogP contribution in [-0.2, 0) is 28.6 Å². The van der Waals surface area contributed by atoms with Crippen molar-refractivity contribution in [2.45, 2.75) is 149 Å². The van der Waals surface area contributed by atoms with E-state index in [0.717, 1.165) is 77.0 Å². The molecule has 6 heteroatoms. The molecule has 0 amide bonds. The molecule has 0 spiro atoms. The molecule has 0 fully saturated rings. The molecule has 62 heavy (non-hydrogen) atoms. The summed E-state index contributed by atoms with van der Waals surface area (Å²) < 4.78 is 16.6. The van der Waals surface area contributed by atoms with E-state index in [-0.39, 0.29) is 38.0 Å². The van der Waals surface area contributed by atoms with E-state index in [1.165, 1.54) is 6.42 Å². The summed E-state index contributed by atoms with van der Waals surface area (Å²) >= 11 is 0. The Bertz CT molecular complexity index is 1530. The van der Waals surface area contributed by atoms with Crippen LogP contribution in [0, 0.1) is 0 Å². The number of hydrogen-bond acceptors (Lipinski definition) is 6. The van der Waals surface area contributed by atoms with Crippen LogP contribution in [0.4, 0.5) is 0 Å². The number of carbonyl (C=O) groups is 3. The van der Waals surface area contributed by atoms with Crippen LogP contribution in [0.25, 0.3) is 0 Å². The zero-order chi connectivity index (χ0) is 45.1. The number of ether oxygens (including phenoxy) is 3. The Morgan fingerprint density at radius 1 is 0.339 bits per heavy atom. The summed E-state index contributed by atoms with van der Waals surface area (Å²) in [7, 11) is 0. The SMILES string of the molecule is CC/C=C/C=C/C=C/C=C/C=C/CCCC(=O)OC(COC(=O)CCCCC/C=C/C=C/C=C/C=C/CC)COC(=O)CCCCCCC/C=C/C=C/C=C/C=C/C=C/CCC. The van der Waals surface area contributed by atoms with E-state index >= 15 is 0 Å². The number of esters is 3. The quantitative estimate of drug-likeness (QED) is 0.0266. The van der Waals surface area contributed by atoms with Gasteiger partial charge in [0, 0.05) is 19.3 Å². The van der Waals surface area contributed by atoms with Crippen molar-refractivity contribution in [1.82, 2.24) is 0 Å². The lowest BCUT2D eigenvalue weighted by atomic mass is 10.1. The number of rotatable bonds is 38. The van der Waals surface area contributed by atoms with Gasteiger partial charge in [-0.1, -0.05) is 223 Å². The summed E-state index contributed by atoms with van der Waals surface area (Å²) in [5.74, 6) is -1.10. The summed E-state index contributed by atoms with van der Waals surface area (Å²) in [4.78, 5) is 37.8. The summed E-state index contributed by atoms with van der Waals surface area (Å²) in [5, 5.41) is 0. The number of carbonyl (C=O) groups excluding carboxylic acids is 3. The van der Waals surface area contributed by atoms with Crippen molar-refractivity contribution in [3.05, 3.63) is 170 Å². The minimum absolute atomic E-state index is 0.143. The van der Waals surface area contributed by atoms with Crippen LogP contribution in [0.1, 0.15) is 143 Å². The Balaban J connectivity index is 4.64. The van der Waals surface area contributed by atoms with Crippen LogP contribution < -0.4 is 0 Å². The third-order valence-corrected chi connectivity index (χ3v) is 8.77. The van der Waals surface area contributed by atoms with Crippen LogP contribution in [0.15, 0.2) is 170 Å². The Hall–Kier alpha value is -5.23. The second-order valence-electron chi connectivity index (χ2n) is 14.5. The molecule has 0 heterocycles. The first-order chi connectivity index (χ1) is 30.5. The van der Waals surface area contributed by atoms with Gasteiger partial charge in [0.05, 0.1) is 0 Å². The molecule has 340 valence electrons. The maximum atomic E-state index is 12.7. The summed E-state index contributed by atoms with van der Waals surface area (Å²) in [6.07, 6.45) is 71.9. The highest BCUT2D eigenvalue weighted by Crippen LogP contribution is 2.11. The fourth-order valence-corrected chi connectivity index (χ4v) is 5.33. The highest BCUT2D eigenvalue weighted by molar-refractivity contribution is 5.71. The molecule has 6 nitrogen and oxygen atoms in total. The second kappa shape index (κ2) is 48.4. The van der Waals surface area contributed by atoms with Crippen molar-refractivity contribution in [3.8, 4) is 0 Å². The van der Waals surface area contributed by atoms with Gasteiger partial charge in [-0.25, -0.2) is 0 Å². The second-order valence-corrected chi connectivity index (χ2v) is 14.5. The van der Waals surface area contributed by atoms with Crippen molar-refractivity contribution < 1.29 is 28.6 Å². The monoisotopic (exact) mass is 849 g/mol. The van der Waals surface area contributed by atoms with Crippen molar-refractivity contribution in [1.29, 1.82) is 0 Å². The van der Waals surface area contributed by atoms with Crippen molar-refractivity contribution in [3.63, 3.8) is 0 Å². The first-order valence-electron chi connectivity index (χ1n) is 23.3. The number of hydrogen-bond donors (Lipinski definition) is 0. The summed E-state index contributed by atoms with van der Waals surface area (Å²) in [6, 6.07) is 0. The highest BCUT2D eigenvalue weighted by atomic mass is 16.6. The van der Waals surface area contributed by atoms with E-state index < -0.39 is 12.1 Å². The van der Waals surface area contributed by atoms with Gasteiger partial charge in [-0.05, 0) is 70.6 Å². The van der Waals surface area contributed by atoms with Crippen LogP contribution in [0.5, 0.6) is 0 Å². The molecule has 1 unspecified atom stereocenters. The average molecular weight is 849 g/mol. The molecule has 0 aromatic rings. The molecular formula is C56H80O6. The Kier molecular flexibility index (Phi) is 44.4. The van der Waals surface area contributed by atoms with Gasteiger partial charge in [-0.15, -0.1) is 0 Å². The van der Waals surface area contributed by atoms with E-state index in [2.05, 4.69) is 63.3 Å². The molecule has 0 saturated heterocycles. The topological polar surface area (TPSA) is 78.9 Å². The summed E-state index contributed by atoms with van der Waals surface area (Å²) in [6.45, 7) is 6.09. The lowest BCUT2D eigenvalue weighted by molar-refractivity contribution is -0.167. The third kappa shape index (κ3) is 45.8. The molecule has 0 rings (SSSR count). The zero-order valence-corrected chi connectivity index (χ0v) is 38.5. The average Bonchev–Trinajstić information content (AvgIpc) is 3.27. The van der Waals surface area contributed by atoms with E-state index in [0.29, 0.717) is 25.7 Å². The highest BCUT2D eigenvalue weighted by Gasteiger charge is 2.19. The van der Waals surface area contributed by atoms with Gasteiger partial charge in [0.2, 0.25) is 0 Å². The normalized spacial score (nSPS) is 13.7. The van der Waals surface area contributed by atoms with E-state index in [9.17, 15) is 14.4 Å². The lowest BCUT2D eigenvalue weighted by Crippen LogP contribution is -2.30. The maximum Gasteiger partial charge on any atom is 0.306 e. The van der Waals surface area contributed by atoms with Crippen LogP contribution in [0.3, 0.4) is 0 Å². The predicted octanol–water partition coefficient (Wildman–Crippen LogP) is 15.2. The fourth-order valence-electron chi connectivity index (χ4n) is 5.33. The van der Waals surface area contributed by atoms with Gasteiger partial charge in [0.25, 0.3) is 0 Å². The van der Waals surface area contributed by atoms with Crippen molar-refractivity contribution in [2.24, 2.45) is 0 Å². The molecule has 0 aliphatic heterocycles. The zero-order valence-electron chi connectivity index (χ0n) is 38.5. The molecule has 0 N–H and O–H groups in total. The van der Waals surface area contributed by atoms with Gasteiger partial charge in [-0.3, -0.25) is 14.4 Å². The molecular weight excluding hydrogens is 769 g/mol. The molecule has 0 radical (unpaired) electrons. The Labute approximate surface area is 377 Å². The maximum absolute atomic E-state index is 12.7. The van der Waals surface area contributed by atoms with Gasteiger partial charge in [0.15, 0.2) is 6.10 Å².